The van der Waals surface area contributed by atoms with Crippen LogP contribution in [0.15, 0.2) is 71.7 Å². The third kappa shape index (κ3) is 3.69. The molecule has 5 nitrogen and oxygen atoms in total. The van der Waals surface area contributed by atoms with Crippen LogP contribution in [0.4, 0.5) is 5.13 Å². The van der Waals surface area contributed by atoms with Crippen LogP contribution >= 0.6 is 22.7 Å². The predicted octanol–water partition coefficient (Wildman–Crippen LogP) is 4.75. The van der Waals surface area contributed by atoms with Crippen LogP contribution in [0.3, 0.4) is 0 Å². The number of amides is 1. The highest BCUT2D eigenvalue weighted by Crippen LogP contribution is 2.25. The molecule has 0 aliphatic carbocycles. The summed E-state index contributed by atoms with van der Waals surface area (Å²) in [6, 6.07) is 14.1. The maximum absolute atomic E-state index is 12.7. The van der Waals surface area contributed by atoms with Crippen molar-refractivity contribution in [1.29, 1.82) is 0 Å². The zero-order valence-electron chi connectivity index (χ0n) is 14.0. The van der Waals surface area contributed by atoms with Crippen molar-refractivity contribution in [3.05, 3.63) is 87.7 Å². The molecule has 132 valence electrons. The Labute approximate surface area is 163 Å². The minimum absolute atomic E-state index is 0.161. The van der Waals surface area contributed by atoms with E-state index in [1.807, 2.05) is 29.0 Å². The van der Waals surface area contributed by atoms with E-state index < -0.39 is 0 Å². The lowest BCUT2D eigenvalue weighted by Crippen LogP contribution is -2.16. The number of carbonyl (C=O) groups excluding carboxylic acids is 2. The van der Waals surface area contributed by atoms with Gasteiger partial charge in [0.1, 0.15) is 0 Å². The normalized spacial score (nSPS) is 10.5. The van der Waals surface area contributed by atoms with Crippen LogP contribution in [-0.2, 0) is 0 Å². The number of rotatable bonds is 5. The predicted molar refractivity (Wildman–Crippen MR) is 107 cm³/mol. The van der Waals surface area contributed by atoms with Gasteiger partial charge in [0.2, 0.25) is 5.78 Å². The van der Waals surface area contributed by atoms with Crippen LogP contribution in [0.1, 0.15) is 25.6 Å². The quantitative estimate of drug-likeness (QED) is 0.498. The monoisotopic (exact) mass is 391 g/mol. The largest absolute Gasteiger partial charge is 0.298 e. The first-order valence-electron chi connectivity index (χ1n) is 8.07. The van der Waals surface area contributed by atoms with Crippen LogP contribution in [0.25, 0.3) is 11.3 Å². The third-order valence-electron chi connectivity index (χ3n) is 3.84. The number of thiazole rings is 1. The number of hydrogen-bond acceptors (Lipinski definition) is 6. The SMILES string of the molecule is O=C(Nc1nc(-c2cccnc2)cs1)c1ccccc1C(=O)c1cccs1. The molecule has 0 atom stereocenters. The molecule has 7 heteroatoms. The number of benzene rings is 1. The van der Waals surface area contributed by atoms with Crippen LogP contribution in [0, 0.1) is 0 Å². The van der Waals surface area contributed by atoms with Crippen molar-refractivity contribution in [3.63, 3.8) is 0 Å². The Morgan fingerprint density at radius 2 is 1.78 bits per heavy atom. The lowest BCUT2D eigenvalue weighted by molar-refractivity contribution is 0.0998. The average Bonchev–Trinajstić information content (AvgIpc) is 3.40. The number of thiophene rings is 1. The molecule has 0 saturated carbocycles. The lowest BCUT2D eigenvalue weighted by Gasteiger charge is -2.07. The van der Waals surface area contributed by atoms with Gasteiger partial charge in [0.05, 0.1) is 16.1 Å². The van der Waals surface area contributed by atoms with E-state index in [1.165, 1.54) is 22.7 Å². The summed E-state index contributed by atoms with van der Waals surface area (Å²) < 4.78 is 0. The molecule has 0 bridgehead atoms. The lowest BCUT2D eigenvalue weighted by atomic mass is 10.0. The van der Waals surface area contributed by atoms with Crippen molar-refractivity contribution < 1.29 is 9.59 Å². The summed E-state index contributed by atoms with van der Waals surface area (Å²) in [5.41, 5.74) is 2.32. The van der Waals surface area contributed by atoms with Gasteiger partial charge >= 0.3 is 0 Å². The molecule has 3 aromatic heterocycles. The van der Waals surface area contributed by atoms with Crippen molar-refractivity contribution in [1.82, 2.24) is 9.97 Å². The van der Waals surface area contributed by atoms with Gasteiger partial charge < -0.3 is 0 Å². The van der Waals surface area contributed by atoms with Crippen LogP contribution in [-0.4, -0.2) is 21.7 Å². The second-order valence-corrected chi connectivity index (χ2v) is 7.39. The molecule has 0 unspecified atom stereocenters. The first-order chi connectivity index (χ1) is 13.2. The van der Waals surface area contributed by atoms with Gasteiger partial charge in [0.15, 0.2) is 5.13 Å². The van der Waals surface area contributed by atoms with Crippen molar-refractivity contribution in [2.45, 2.75) is 0 Å². The van der Waals surface area contributed by atoms with Crippen molar-refractivity contribution in [3.8, 4) is 11.3 Å². The van der Waals surface area contributed by atoms with Crippen LogP contribution in [0.5, 0.6) is 0 Å². The van der Waals surface area contributed by atoms with E-state index >= 15 is 0 Å². The molecule has 3 heterocycles. The topological polar surface area (TPSA) is 72.0 Å². The number of pyridine rings is 1. The standard InChI is InChI=1S/C20H13N3O2S2/c24-18(17-8-4-10-26-17)14-6-1-2-7-15(14)19(25)23-20-22-16(12-27-20)13-5-3-9-21-11-13/h1-12H,(H,22,23,25). The highest BCUT2D eigenvalue weighted by atomic mass is 32.1. The van der Waals surface area contributed by atoms with Gasteiger partial charge in [-0.1, -0.05) is 24.3 Å². The van der Waals surface area contributed by atoms with E-state index in [4.69, 9.17) is 0 Å². The van der Waals surface area contributed by atoms with Crippen molar-refractivity contribution in [2.24, 2.45) is 0 Å². The number of ketones is 1. The van der Waals surface area contributed by atoms with Crippen LogP contribution in [0.2, 0.25) is 0 Å². The van der Waals surface area contributed by atoms with Crippen LogP contribution < -0.4 is 5.32 Å². The molecule has 1 amide bonds. The highest BCUT2D eigenvalue weighted by Gasteiger charge is 2.19. The molecular weight excluding hydrogens is 378 g/mol. The number of aromatic nitrogens is 2. The number of carbonyl (C=O) groups is 2. The zero-order valence-corrected chi connectivity index (χ0v) is 15.6. The molecule has 0 aliphatic heterocycles. The van der Waals surface area contributed by atoms with Crippen molar-refractivity contribution in [2.75, 3.05) is 5.32 Å². The molecule has 1 aromatic carbocycles. The first-order valence-corrected chi connectivity index (χ1v) is 9.83. The third-order valence-corrected chi connectivity index (χ3v) is 5.47. The summed E-state index contributed by atoms with van der Waals surface area (Å²) in [7, 11) is 0. The number of nitrogens with one attached hydrogen (secondary N) is 1. The molecular formula is C20H13N3O2S2. The molecule has 1 N–H and O–H groups in total. The van der Waals surface area contributed by atoms with Gasteiger partial charge in [-0.25, -0.2) is 4.98 Å². The summed E-state index contributed by atoms with van der Waals surface area (Å²) in [5.74, 6) is -0.520. The Bertz CT molecular complexity index is 1090. The Morgan fingerprint density at radius 1 is 0.926 bits per heavy atom. The maximum atomic E-state index is 12.7. The molecule has 0 radical (unpaired) electrons. The Hall–Kier alpha value is -3.16. The van der Waals surface area contributed by atoms with E-state index in [0.717, 1.165) is 11.3 Å². The minimum Gasteiger partial charge on any atom is -0.298 e. The van der Waals surface area contributed by atoms with Gasteiger partial charge in [0.25, 0.3) is 5.91 Å². The van der Waals surface area contributed by atoms with Gasteiger partial charge in [-0.05, 0) is 29.6 Å². The summed E-state index contributed by atoms with van der Waals surface area (Å²) in [6.07, 6.45) is 3.41. The van der Waals surface area contributed by atoms with Gasteiger partial charge in [-0.2, -0.15) is 0 Å². The van der Waals surface area contributed by atoms with E-state index in [0.29, 0.717) is 21.1 Å². The molecule has 0 fully saturated rings. The highest BCUT2D eigenvalue weighted by molar-refractivity contribution is 7.14. The minimum atomic E-state index is -0.359. The fourth-order valence-electron chi connectivity index (χ4n) is 2.56. The van der Waals surface area contributed by atoms with Gasteiger partial charge in [0, 0.05) is 28.9 Å². The number of nitrogens with zero attached hydrogens (tertiary/aromatic N) is 2. The second kappa shape index (κ2) is 7.61. The molecule has 4 rings (SSSR count). The maximum Gasteiger partial charge on any atom is 0.258 e. The molecule has 0 aliphatic rings. The average molecular weight is 391 g/mol. The Kier molecular flexibility index (Phi) is 4.86. The fraction of sp³-hybridized carbons (Fsp3) is 0. The second-order valence-electron chi connectivity index (χ2n) is 5.59. The fourth-order valence-corrected chi connectivity index (χ4v) is 3.95. The summed E-state index contributed by atoms with van der Waals surface area (Å²) in [5, 5.41) is 6.95. The van der Waals surface area contributed by atoms with E-state index in [2.05, 4.69) is 15.3 Å². The summed E-state index contributed by atoms with van der Waals surface area (Å²) in [4.78, 5) is 34.5. The molecule has 27 heavy (non-hydrogen) atoms. The van der Waals surface area contributed by atoms with E-state index in [1.54, 1.807) is 42.7 Å². The molecule has 0 spiro atoms. The van der Waals surface area contributed by atoms with E-state index in [9.17, 15) is 9.59 Å². The molecule has 0 saturated heterocycles. The Morgan fingerprint density at radius 3 is 2.52 bits per heavy atom. The zero-order chi connectivity index (χ0) is 18.6. The summed E-state index contributed by atoms with van der Waals surface area (Å²) in [6.45, 7) is 0. The van der Waals surface area contributed by atoms with Gasteiger partial charge in [-0.3, -0.25) is 19.9 Å². The van der Waals surface area contributed by atoms with Gasteiger partial charge in [-0.15, -0.1) is 22.7 Å². The van der Waals surface area contributed by atoms with Crippen molar-refractivity contribution >= 4 is 39.5 Å². The Balaban J connectivity index is 1.58. The smallest absolute Gasteiger partial charge is 0.258 e. The number of anilines is 1. The molecule has 4 aromatic rings. The van der Waals surface area contributed by atoms with E-state index in [-0.39, 0.29) is 11.7 Å². The first kappa shape index (κ1) is 17.3. The summed E-state index contributed by atoms with van der Waals surface area (Å²) >= 11 is 2.68. The number of hydrogen-bond donors (Lipinski definition) is 1.